The Labute approximate surface area is 129 Å². The first-order valence-electron chi connectivity index (χ1n) is 7.28. The molecule has 1 aromatic heterocycles. The maximum atomic E-state index is 9.16. The fraction of sp³-hybridized carbons (Fsp3) is 0.438. The molecule has 1 aliphatic rings. The van der Waals surface area contributed by atoms with Crippen LogP contribution in [0.2, 0.25) is 5.02 Å². The van der Waals surface area contributed by atoms with Crippen molar-refractivity contribution in [1.82, 2.24) is 9.88 Å². The fourth-order valence-corrected chi connectivity index (χ4v) is 2.88. The normalized spacial score (nSPS) is 17.2. The fourth-order valence-electron chi connectivity index (χ4n) is 2.69. The zero-order valence-electron chi connectivity index (χ0n) is 11.8. The Hall–Kier alpha value is -1.36. The lowest BCUT2D eigenvalue weighted by molar-refractivity contribution is 0.126. The lowest BCUT2D eigenvalue weighted by atomic mass is 9.98. The summed E-state index contributed by atoms with van der Waals surface area (Å²) in [4.78, 5) is 6.89. The van der Waals surface area contributed by atoms with Gasteiger partial charge in [-0.2, -0.15) is 0 Å². The van der Waals surface area contributed by atoms with E-state index in [1.54, 1.807) is 6.26 Å². The number of benzene rings is 1. The highest BCUT2D eigenvalue weighted by atomic mass is 35.5. The van der Waals surface area contributed by atoms with Gasteiger partial charge in [-0.3, -0.25) is 4.90 Å². The molecule has 21 heavy (non-hydrogen) atoms. The predicted molar refractivity (Wildman–Crippen MR) is 82.0 cm³/mol. The molecule has 0 radical (unpaired) electrons. The number of oxazole rings is 1. The van der Waals surface area contributed by atoms with Gasteiger partial charge < -0.3 is 9.52 Å². The van der Waals surface area contributed by atoms with Gasteiger partial charge in [0.15, 0.2) is 0 Å². The van der Waals surface area contributed by atoms with Gasteiger partial charge in [0, 0.05) is 23.7 Å². The van der Waals surface area contributed by atoms with Crippen LogP contribution in [0.25, 0.3) is 11.5 Å². The number of halogens is 1. The van der Waals surface area contributed by atoms with E-state index in [0.29, 0.717) is 23.4 Å². The second kappa shape index (κ2) is 6.60. The Bertz CT molecular complexity index is 591. The SMILES string of the molecule is OCC1CCN(Cc2coc(-c3cccc(Cl)c3)n2)CC1. The third-order valence-electron chi connectivity index (χ3n) is 3.97. The van der Waals surface area contributed by atoms with Gasteiger partial charge in [-0.1, -0.05) is 17.7 Å². The Balaban J connectivity index is 1.63. The van der Waals surface area contributed by atoms with Gasteiger partial charge in [0.1, 0.15) is 6.26 Å². The van der Waals surface area contributed by atoms with Crippen molar-refractivity contribution in [3.63, 3.8) is 0 Å². The molecule has 0 bridgehead atoms. The van der Waals surface area contributed by atoms with Crippen LogP contribution in [0.15, 0.2) is 34.9 Å². The molecule has 0 saturated carbocycles. The number of piperidine rings is 1. The molecule has 1 saturated heterocycles. The summed E-state index contributed by atoms with van der Waals surface area (Å²) in [6, 6.07) is 7.51. The molecular weight excluding hydrogens is 288 g/mol. The highest BCUT2D eigenvalue weighted by Crippen LogP contribution is 2.23. The number of aliphatic hydroxyl groups excluding tert-OH is 1. The molecular formula is C16H19ClN2O2. The molecule has 0 aliphatic carbocycles. The van der Waals surface area contributed by atoms with Crippen molar-refractivity contribution < 1.29 is 9.52 Å². The maximum Gasteiger partial charge on any atom is 0.226 e. The summed E-state index contributed by atoms with van der Waals surface area (Å²) in [5, 5.41) is 9.84. The number of likely N-dealkylation sites (tertiary alicyclic amines) is 1. The standard InChI is InChI=1S/C16H19ClN2O2/c17-14-3-1-2-13(8-14)16-18-15(11-21-16)9-19-6-4-12(10-20)5-7-19/h1-3,8,11-12,20H,4-7,9-10H2. The van der Waals surface area contributed by atoms with Crippen LogP contribution in [-0.4, -0.2) is 34.7 Å². The van der Waals surface area contributed by atoms with E-state index in [-0.39, 0.29) is 0 Å². The molecule has 1 fully saturated rings. The van der Waals surface area contributed by atoms with E-state index >= 15 is 0 Å². The van der Waals surface area contributed by atoms with Gasteiger partial charge >= 0.3 is 0 Å². The van der Waals surface area contributed by atoms with Crippen molar-refractivity contribution in [2.24, 2.45) is 5.92 Å². The van der Waals surface area contributed by atoms with Gasteiger partial charge in [0.25, 0.3) is 0 Å². The van der Waals surface area contributed by atoms with Crippen molar-refractivity contribution in [1.29, 1.82) is 0 Å². The Morgan fingerprint density at radius 2 is 2.14 bits per heavy atom. The van der Waals surface area contributed by atoms with Crippen LogP contribution in [0.4, 0.5) is 0 Å². The summed E-state index contributed by atoms with van der Waals surface area (Å²) in [6.07, 6.45) is 3.82. The first kappa shape index (κ1) is 14.6. The molecule has 0 amide bonds. The number of rotatable bonds is 4. The molecule has 0 atom stereocenters. The Morgan fingerprint density at radius 1 is 1.33 bits per heavy atom. The minimum Gasteiger partial charge on any atom is -0.444 e. The van der Waals surface area contributed by atoms with Crippen LogP contribution in [-0.2, 0) is 6.54 Å². The Morgan fingerprint density at radius 3 is 2.86 bits per heavy atom. The van der Waals surface area contributed by atoms with Gasteiger partial charge in [0.2, 0.25) is 5.89 Å². The molecule has 1 aromatic carbocycles. The largest absolute Gasteiger partial charge is 0.444 e. The predicted octanol–water partition coefficient (Wildman–Crippen LogP) is 3.20. The average molecular weight is 307 g/mol. The Kier molecular flexibility index (Phi) is 4.58. The minimum absolute atomic E-state index is 0.302. The van der Waals surface area contributed by atoms with E-state index < -0.39 is 0 Å². The van der Waals surface area contributed by atoms with Crippen LogP contribution in [0.1, 0.15) is 18.5 Å². The second-order valence-corrected chi connectivity index (χ2v) is 5.99. The number of aromatic nitrogens is 1. The summed E-state index contributed by atoms with van der Waals surface area (Å²) < 4.78 is 5.55. The summed E-state index contributed by atoms with van der Waals surface area (Å²) >= 11 is 5.99. The van der Waals surface area contributed by atoms with Gasteiger partial charge in [-0.25, -0.2) is 4.98 Å². The average Bonchev–Trinajstić information content (AvgIpc) is 2.97. The zero-order valence-corrected chi connectivity index (χ0v) is 12.6. The van der Waals surface area contributed by atoms with E-state index in [1.807, 2.05) is 24.3 Å². The van der Waals surface area contributed by atoms with Gasteiger partial charge in [-0.15, -0.1) is 0 Å². The number of aliphatic hydroxyl groups is 1. The minimum atomic E-state index is 0.302. The summed E-state index contributed by atoms with van der Waals surface area (Å²) in [7, 11) is 0. The number of nitrogens with zero attached hydrogens (tertiary/aromatic N) is 2. The highest BCUT2D eigenvalue weighted by Gasteiger charge is 2.19. The van der Waals surface area contributed by atoms with Crippen molar-refractivity contribution in [3.05, 3.63) is 41.2 Å². The summed E-state index contributed by atoms with van der Waals surface area (Å²) in [5.41, 5.74) is 1.83. The maximum absolute atomic E-state index is 9.16. The van der Waals surface area contributed by atoms with E-state index in [4.69, 9.17) is 21.1 Å². The third kappa shape index (κ3) is 3.64. The lowest BCUT2D eigenvalue weighted by Gasteiger charge is -2.30. The van der Waals surface area contributed by atoms with Crippen LogP contribution in [0.3, 0.4) is 0 Å². The quantitative estimate of drug-likeness (QED) is 0.942. The molecule has 3 rings (SSSR count). The van der Waals surface area contributed by atoms with Crippen molar-refractivity contribution >= 4 is 11.6 Å². The topological polar surface area (TPSA) is 49.5 Å². The molecule has 2 heterocycles. The molecule has 1 aliphatic heterocycles. The summed E-state index contributed by atoms with van der Waals surface area (Å²) in [5.74, 6) is 1.07. The molecule has 1 N–H and O–H groups in total. The number of hydrogen-bond donors (Lipinski definition) is 1. The van der Waals surface area contributed by atoms with Gasteiger partial charge in [0.05, 0.1) is 5.69 Å². The molecule has 2 aromatic rings. The molecule has 5 heteroatoms. The van der Waals surface area contributed by atoms with Crippen LogP contribution in [0.5, 0.6) is 0 Å². The second-order valence-electron chi connectivity index (χ2n) is 5.56. The van der Waals surface area contributed by atoms with E-state index in [2.05, 4.69) is 9.88 Å². The first-order valence-corrected chi connectivity index (χ1v) is 7.66. The van der Waals surface area contributed by atoms with Crippen LogP contribution < -0.4 is 0 Å². The van der Waals surface area contributed by atoms with E-state index in [9.17, 15) is 0 Å². The van der Waals surface area contributed by atoms with E-state index in [0.717, 1.165) is 43.7 Å². The van der Waals surface area contributed by atoms with Crippen LogP contribution >= 0.6 is 11.6 Å². The first-order chi connectivity index (χ1) is 10.2. The smallest absolute Gasteiger partial charge is 0.226 e. The zero-order chi connectivity index (χ0) is 14.7. The molecule has 4 nitrogen and oxygen atoms in total. The van der Waals surface area contributed by atoms with Crippen LogP contribution in [0, 0.1) is 5.92 Å². The monoisotopic (exact) mass is 306 g/mol. The third-order valence-corrected chi connectivity index (χ3v) is 4.21. The van der Waals surface area contributed by atoms with Crippen molar-refractivity contribution in [2.45, 2.75) is 19.4 Å². The van der Waals surface area contributed by atoms with Crippen molar-refractivity contribution in [2.75, 3.05) is 19.7 Å². The van der Waals surface area contributed by atoms with Gasteiger partial charge in [-0.05, 0) is 50.0 Å². The van der Waals surface area contributed by atoms with Crippen molar-refractivity contribution in [3.8, 4) is 11.5 Å². The number of hydrogen-bond acceptors (Lipinski definition) is 4. The lowest BCUT2D eigenvalue weighted by Crippen LogP contribution is -2.34. The molecule has 0 spiro atoms. The van der Waals surface area contributed by atoms with E-state index in [1.165, 1.54) is 0 Å². The molecule has 0 unspecified atom stereocenters. The highest BCUT2D eigenvalue weighted by molar-refractivity contribution is 6.30. The summed E-state index contributed by atoms with van der Waals surface area (Å²) in [6.45, 7) is 3.11. The molecule has 112 valence electrons.